The molecule has 1 heterocycles. The summed E-state index contributed by atoms with van der Waals surface area (Å²) in [5, 5.41) is 0. The van der Waals surface area contributed by atoms with Gasteiger partial charge in [-0.05, 0) is 61.6 Å². The molecule has 3 atom stereocenters. The monoisotopic (exact) mass is 334 g/mol. The van der Waals surface area contributed by atoms with E-state index < -0.39 is 0 Å². The molecule has 0 N–H and O–H groups in total. The smallest absolute Gasteiger partial charge is 0.123 e. The van der Waals surface area contributed by atoms with Crippen molar-refractivity contribution in [3.8, 4) is 5.75 Å². The van der Waals surface area contributed by atoms with Crippen molar-refractivity contribution in [1.82, 2.24) is 0 Å². The molecule has 2 aliphatic carbocycles. The van der Waals surface area contributed by atoms with Crippen LogP contribution in [0.3, 0.4) is 0 Å². The lowest BCUT2D eigenvalue weighted by Crippen LogP contribution is -2.24. The van der Waals surface area contributed by atoms with E-state index in [-0.39, 0.29) is 5.60 Å². The minimum absolute atomic E-state index is 0.0314. The normalized spacial score (nSPS) is 34.9. The maximum absolute atomic E-state index is 5.98. The standard InChI is InChI=1S/C18H23BrO/c1-18(2)10-12-9-11(7-8-15(12)20-18)17(19)16-13-5-3-4-6-14(13)16/h7-9,13-14,16-17H,3-6,10H2,1-2H3. The zero-order chi connectivity index (χ0) is 13.9. The molecule has 0 saturated heterocycles. The Morgan fingerprint density at radius 3 is 2.60 bits per heavy atom. The fraction of sp³-hybridized carbons (Fsp3) is 0.667. The summed E-state index contributed by atoms with van der Waals surface area (Å²) in [4.78, 5) is 0.546. The van der Waals surface area contributed by atoms with Crippen LogP contribution in [0.1, 0.15) is 55.5 Å². The van der Waals surface area contributed by atoms with E-state index in [2.05, 4.69) is 48.0 Å². The summed E-state index contributed by atoms with van der Waals surface area (Å²) in [6.07, 6.45) is 6.84. The predicted octanol–water partition coefficient (Wildman–Crippen LogP) is 5.27. The van der Waals surface area contributed by atoms with Gasteiger partial charge in [-0.3, -0.25) is 0 Å². The van der Waals surface area contributed by atoms with Gasteiger partial charge in [0.25, 0.3) is 0 Å². The third-order valence-electron chi connectivity index (χ3n) is 5.47. The number of halogens is 1. The lowest BCUT2D eigenvalue weighted by molar-refractivity contribution is 0.138. The Morgan fingerprint density at radius 1 is 1.20 bits per heavy atom. The third-order valence-corrected chi connectivity index (χ3v) is 6.61. The molecular weight excluding hydrogens is 312 g/mol. The molecule has 20 heavy (non-hydrogen) atoms. The molecule has 3 aliphatic rings. The van der Waals surface area contributed by atoms with Gasteiger partial charge in [-0.2, -0.15) is 0 Å². The van der Waals surface area contributed by atoms with Crippen molar-refractivity contribution in [2.24, 2.45) is 17.8 Å². The quantitative estimate of drug-likeness (QED) is 0.669. The topological polar surface area (TPSA) is 9.23 Å². The fourth-order valence-corrected chi connectivity index (χ4v) is 5.57. The van der Waals surface area contributed by atoms with Gasteiger partial charge in [0.15, 0.2) is 0 Å². The second-order valence-electron chi connectivity index (χ2n) is 7.50. The lowest BCUT2D eigenvalue weighted by Gasteiger charge is -2.16. The van der Waals surface area contributed by atoms with Crippen LogP contribution in [0.15, 0.2) is 18.2 Å². The SMILES string of the molecule is CC1(C)Cc2cc(C(Br)C3C4CCCCC43)ccc2O1. The van der Waals surface area contributed by atoms with Crippen molar-refractivity contribution >= 4 is 15.9 Å². The Balaban J connectivity index is 1.55. The molecule has 2 fully saturated rings. The molecule has 0 aromatic heterocycles. The van der Waals surface area contributed by atoms with Gasteiger partial charge in [-0.1, -0.05) is 40.9 Å². The summed E-state index contributed by atoms with van der Waals surface area (Å²) < 4.78 is 5.98. The molecule has 1 aromatic carbocycles. The first-order valence-corrected chi connectivity index (χ1v) is 8.93. The van der Waals surface area contributed by atoms with Gasteiger partial charge in [-0.25, -0.2) is 0 Å². The number of alkyl halides is 1. The Hall–Kier alpha value is -0.500. The van der Waals surface area contributed by atoms with E-state index in [0.29, 0.717) is 4.83 Å². The van der Waals surface area contributed by atoms with E-state index in [1.54, 1.807) is 0 Å². The molecule has 0 spiro atoms. The van der Waals surface area contributed by atoms with Crippen molar-refractivity contribution in [2.75, 3.05) is 0 Å². The summed E-state index contributed by atoms with van der Waals surface area (Å²) in [5.41, 5.74) is 2.82. The third kappa shape index (κ3) is 2.11. The average Bonchev–Trinajstić information content (AvgIpc) is 3.05. The molecular formula is C18H23BrO. The lowest BCUT2D eigenvalue weighted by atomic mass is 9.98. The molecule has 1 nitrogen and oxygen atoms in total. The van der Waals surface area contributed by atoms with Crippen LogP contribution in [0.4, 0.5) is 0 Å². The van der Waals surface area contributed by atoms with Crippen LogP contribution in [0, 0.1) is 17.8 Å². The van der Waals surface area contributed by atoms with Crippen LogP contribution >= 0.6 is 15.9 Å². The first-order chi connectivity index (χ1) is 9.55. The highest BCUT2D eigenvalue weighted by atomic mass is 79.9. The van der Waals surface area contributed by atoms with Gasteiger partial charge in [0.1, 0.15) is 11.4 Å². The van der Waals surface area contributed by atoms with Gasteiger partial charge in [0.05, 0.1) is 0 Å². The first kappa shape index (κ1) is 13.2. The number of rotatable bonds is 2. The van der Waals surface area contributed by atoms with E-state index in [1.165, 1.54) is 36.8 Å². The van der Waals surface area contributed by atoms with Gasteiger partial charge in [-0.15, -0.1) is 0 Å². The van der Waals surface area contributed by atoms with Crippen molar-refractivity contribution in [1.29, 1.82) is 0 Å². The zero-order valence-electron chi connectivity index (χ0n) is 12.4. The molecule has 0 amide bonds. The fourth-order valence-electron chi connectivity index (χ4n) is 4.51. The second kappa shape index (κ2) is 4.50. The summed E-state index contributed by atoms with van der Waals surface area (Å²) in [5.74, 6) is 3.96. The summed E-state index contributed by atoms with van der Waals surface area (Å²) in [7, 11) is 0. The van der Waals surface area contributed by atoms with Crippen molar-refractivity contribution in [3.63, 3.8) is 0 Å². The van der Waals surface area contributed by atoms with Gasteiger partial charge < -0.3 is 4.74 Å². The highest BCUT2D eigenvalue weighted by molar-refractivity contribution is 9.09. The highest BCUT2D eigenvalue weighted by Crippen LogP contribution is 2.62. The van der Waals surface area contributed by atoms with E-state index in [1.807, 2.05) is 0 Å². The van der Waals surface area contributed by atoms with Crippen LogP contribution in [0.2, 0.25) is 0 Å². The number of hydrogen-bond donors (Lipinski definition) is 0. The Labute approximate surface area is 130 Å². The minimum Gasteiger partial charge on any atom is -0.487 e. The first-order valence-electron chi connectivity index (χ1n) is 8.01. The Morgan fingerprint density at radius 2 is 1.90 bits per heavy atom. The second-order valence-corrected chi connectivity index (χ2v) is 8.48. The molecule has 3 unspecified atom stereocenters. The van der Waals surface area contributed by atoms with Gasteiger partial charge in [0, 0.05) is 11.2 Å². The number of hydrogen-bond acceptors (Lipinski definition) is 1. The highest BCUT2D eigenvalue weighted by Gasteiger charge is 2.53. The van der Waals surface area contributed by atoms with Crippen molar-refractivity contribution in [2.45, 2.75) is 56.4 Å². The number of benzene rings is 1. The molecule has 2 saturated carbocycles. The maximum Gasteiger partial charge on any atom is 0.123 e. The van der Waals surface area contributed by atoms with Crippen molar-refractivity contribution in [3.05, 3.63) is 29.3 Å². The molecule has 2 heteroatoms. The largest absolute Gasteiger partial charge is 0.487 e. The van der Waals surface area contributed by atoms with Crippen LogP contribution in [0.25, 0.3) is 0 Å². The van der Waals surface area contributed by atoms with Crippen molar-refractivity contribution < 1.29 is 4.74 Å². The molecule has 0 bridgehead atoms. The zero-order valence-corrected chi connectivity index (χ0v) is 13.9. The van der Waals surface area contributed by atoms with Gasteiger partial charge in [0.2, 0.25) is 0 Å². The molecule has 0 radical (unpaired) electrons. The summed E-state index contributed by atoms with van der Waals surface area (Å²) >= 11 is 4.00. The molecule has 1 aromatic rings. The van der Waals surface area contributed by atoms with Crippen LogP contribution in [-0.2, 0) is 6.42 Å². The van der Waals surface area contributed by atoms with E-state index in [9.17, 15) is 0 Å². The molecule has 4 rings (SSSR count). The van der Waals surface area contributed by atoms with E-state index >= 15 is 0 Å². The number of fused-ring (bicyclic) bond motifs is 2. The van der Waals surface area contributed by atoms with E-state index in [4.69, 9.17) is 4.74 Å². The van der Waals surface area contributed by atoms with E-state index in [0.717, 1.165) is 29.9 Å². The van der Waals surface area contributed by atoms with Crippen LogP contribution < -0.4 is 4.74 Å². The summed E-state index contributed by atoms with van der Waals surface area (Å²) in [6.45, 7) is 4.35. The molecule has 1 aliphatic heterocycles. The average molecular weight is 335 g/mol. The summed E-state index contributed by atoms with van der Waals surface area (Å²) in [6, 6.07) is 6.83. The minimum atomic E-state index is -0.0314. The maximum atomic E-state index is 5.98. The number of ether oxygens (including phenoxy) is 1. The Kier molecular flexibility index (Phi) is 2.96. The Bertz CT molecular complexity index is 524. The van der Waals surface area contributed by atoms with Gasteiger partial charge >= 0.3 is 0 Å². The van der Waals surface area contributed by atoms with Crippen LogP contribution in [0.5, 0.6) is 5.75 Å². The predicted molar refractivity (Wildman–Crippen MR) is 85.5 cm³/mol. The molecule has 108 valence electrons. The van der Waals surface area contributed by atoms with Crippen LogP contribution in [-0.4, -0.2) is 5.60 Å².